The Morgan fingerprint density at radius 3 is 2.12 bits per heavy atom. The fourth-order valence-electron chi connectivity index (χ4n) is 3.04. The lowest BCUT2D eigenvalue weighted by Crippen LogP contribution is -2.49. The van der Waals surface area contributed by atoms with Crippen molar-refractivity contribution in [1.29, 1.82) is 0 Å². The SMILES string of the molecule is CCc1cc(C(=O)c2ccc(-c3ccc(F)cc3)cc2)c(NC(=O)CNC(C)(C)C(=O)O)s1. The van der Waals surface area contributed by atoms with E-state index in [2.05, 4.69) is 10.6 Å². The smallest absolute Gasteiger partial charge is 0.323 e. The van der Waals surface area contributed by atoms with Crippen LogP contribution >= 0.6 is 11.3 Å². The molecule has 3 aromatic rings. The van der Waals surface area contributed by atoms with Gasteiger partial charge in [0.15, 0.2) is 5.78 Å². The quantitative estimate of drug-likeness (QED) is 0.394. The number of carbonyl (C=O) groups is 3. The molecule has 33 heavy (non-hydrogen) atoms. The molecule has 0 aliphatic rings. The summed E-state index contributed by atoms with van der Waals surface area (Å²) < 4.78 is 13.2. The molecule has 3 rings (SSSR count). The molecule has 0 unspecified atom stereocenters. The number of rotatable bonds is 9. The van der Waals surface area contributed by atoms with Gasteiger partial charge in [-0.1, -0.05) is 43.3 Å². The molecule has 0 atom stereocenters. The van der Waals surface area contributed by atoms with E-state index in [1.165, 1.54) is 37.3 Å². The Bertz CT molecular complexity index is 1170. The van der Waals surface area contributed by atoms with Crippen molar-refractivity contribution in [3.8, 4) is 11.1 Å². The van der Waals surface area contributed by atoms with Gasteiger partial charge in [0, 0.05) is 10.4 Å². The second-order valence-corrected chi connectivity index (χ2v) is 9.19. The maximum Gasteiger partial charge on any atom is 0.323 e. The Hall–Kier alpha value is -3.36. The molecular weight excluding hydrogens is 443 g/mol. The maximum atomic E-state index is 13.2. The number of thiophene rings is 1. The standard InChI is InChI=1S/C25H25FN2O4S/c1-4-19-13-20(23(33-19)28-21(29)14-27-25(2,3)24(31)32)22(30)17-7-5-15(6-8-17)16-9-11-18(26)12-10-16/h5-13,27H,4,14H2,1-3H3,(H,28,29)(H,31,32). The highest BCUT2D eigenvalue weighted by molar-refractivity contribution is 7.16. The maximum absolute atomic E-state index is 13.2. The van der Waals surface area contributed by atoms with Gasteiger partial charge in [0.1, 0.15) is 16.4 Å². The lowest BCUT2D eigenvalue weighted by atomic mass is 10.00. The summed E-state index contributed by atoms with van der Waals surface area (Å²) in [5, 5.41) is 15.0. The average Bonchev–Trinajstić information content (AvgIpc) is 3.20. The van der Waals surface area contributed by atoms with E-state index in [-0.39, 0.29) is 18.1 Å². The second kappa shape index (κ2) is 10.1. The third-order valence-corrected chi connectivity index (χ3v) is 6.37. The highest BCUT2D eigenvalue weighted by Crippen LogP contribution is 2.31. The van der Waals surface area contributed by atoms with Crippen LogP contribution in [0.5, 0.6) is 0 Å². The first kappa shape index (κ1) is 24.3. The van der Waals surface area contributed by atoms with Gasteiger partial charge in [-0.05, 0) is 49.6 Å². The molecule has 1 aromatic heterocycles. The molecule has 172 valence electrons. The average molecular weight is 469 g/mol. The number of aryl methyl sites for hydroxylation is 1. The highest BCUT2D eigenvalue weighted by atomic mass is 32.1. The zero-order chi connectivity index (χ0) is 24.2. The lowest BCUT2D eigenvalue weighted by molar-refractivity contribution is -0.143. The first-order chi connectivity index (χ1) is 15.6. The van der Waals surface area contributed by atoms with Crippen LogP contribution in [-0.4, -0.2) is 34.8 Å². The Labute approximate surface area is 195 Å². The van der Waals surface area contributed by atoms with Crippen molar-refractivity contribution >= 4 is 34.0 Å². The number of carboxylic acids is 1. The molecule has 1 heterocycles. The van der Waals surface area contributed by atoms with Crippen molar-refractivity contribution in [2.45, 2.75) is 32.7 Å². The van der Waals surface area contributed by atoms with E-state index >= 15 is 0 Å². The number of benzene rings is 2. The number of anilines is 1. The summed E-state index contributed by atoms with van der Waals surface area (Å²) >= 11 is 1.32. The van der Waals surface area contributed by atoms with Gasteiger partial charge in [0.2, 0.25) is 5.91 Å². The predicted molar refractivity (Wildman–Crippen MR) is 127 cm³/mol. The van der Waals surface area contributed by atoms with E-state index in [0.29, 0.717) is 22.5 Å². The van der Waals surface area contributed by atoms with Gasteiger partial charge in [-0.3, -0.25) is 19.7 Å². The van der Waals surface area contributed by atoms with E-state index in [0.717, 1.165) is 16.0 Å². The number of amides is 1. The summed E-state index contributed by atoms with van der Waals surface area (Å²) in [5.74, 6) is -2.05. The normalized spacial score (nSPS) is 11.3. The molecule has 1 amide bonds. The third kappa shape index (κ3) is 5.91. The van der Waals surface area contributed by atoms with Crippen molar-refractivity contribution < 1.29 is 23.9 Å². The zero-order valence-electron chi connectivity index (χ0n) is 18.6. The van der Waals surface area contributed by atoms with E-state index < -0.39 is 17.4 Å². The van der Waals surface area contributed by atoms with Crippen LogP contribution in [0.1, 0.15) is 41.6 Å². The number of ketones is 1. The Kier molecular flexibility index (Phi) is 7.40. The number of hydrogen-bond donors (Lipinski definition) is 3. The van der Waals surface area contributed by atoms with Crippen molar-refractivity contribution in [3.63, 3.8) is 0 Å². The Balaban J connectivity index is 1.78. The van der Waals surface area contributed by atoms with E-state index in [1.54, 1.807) is 42.5 Å². The zero-order valence-corrected chi connectivity index (χ0v) is 19.4. The van der Waals surface area contributed by atoms with Gasteiger partial charge in [-0.2, -0.15) is 0 Å². The van der Waals surface area contributed by atoms with Gasteiger partial charge >= 0.3 is 5.97 Å². The number of nitrogens with one attached hydrogen (secondary N) is 2. The van der Waals surface area contributed by atoms with Crippen LogP contribution in [0.2, 0.25) is 0 Å². The summed E-state index contributed by atoms with van der Waals surface area (Å²) in [6, 6.07) is 14.9. The monoisotopic (exact) mass is 468 g/mol. The number of aliphatic carboxylic acids is 1. The van der Waals surface area contributed by atoms with Gasteiger partial charge < -0.3 is 10.4 Å². The van der Waals surface area contributed by atoms with Crippen molar-refractivity contribution in [1.82, 2.24) is 5.32 Å². The second-order valence-electron chi connectivity index (χ2n) is 8.05. The molecule has 2 aromatic carbocycles. The van der Waals surface area contributed by atoms with Crippen LogP contribution < -0.4 is 10.6 Å². The van der Waals surface area contributed by atoms with Crippen LogP contribution in [0.15, 0.2) is 54.6 Å². The van der Waals surface area contributed by atoms with Crippen molar-refractivity contribution in [3.05, 3.63) is 76.4 Å². The van der Waals surface area contributed by atoms with Crippen molar-refractivity contribution in [2.75, 3.05) is 11.9 Å². The van der Waals surface area contributed by atoms with Crippen molar-refractivity contribution in [2.24, 2.45) is 0 Å². The van der Waals surface area contributed by atoms with E-state index in [9.17, 15) is 23.9 Å². The highest BCUT2D eigenvalue weighted by Gasteiger charge is 2.27. The van der Waals surface area contributed by atoms with Crippen LogP contribution in [0.25, 0.3) is 11.1 Å². The number of carbonyl (C=O) groups excluding carboxylic acids is 2. The van der Waals surface area contributed by atoms with Crippen LogP contribution in [0.4, 0.5) is 9.39 Å². The molecule has 0 radical (unpaired) electrons. The summed E-state index contributed by atoms with van der Waals surface area (Å²) in [7, 11) is 0. The molecule has 0 saturated carbocycles. The molecule has 0 fully saturated rings. The molecule has 0 aliphatic carbocycles. The molecule has 6 nitrogen and oxygen atoms in total. The summed E-state index contributed by atoms with van der Waals surface area (Å²) in [4.78, 5) is 37.8. The number of carboxylic acid groups (broad SMARTS) is 1. The Morgan fingerprint density at radius 2 is 1.58 bits per heavy atom. The largest absolute Gasteiger partial charge is 0.480 e. The summed E-state index contributed by atoms with van der Waals surface area (Å²) in [6.45, 7) is 4.68. The van der Waals surface area contributed by atoms with Gasteiger partial charge in [0.25, 0.3) is 0 Å². The Morgan fingerprint density at radius 1 is 1.00 bits per heavy atom. The minimum atomic E-state index is -1.26. The molecule has 0 spiro atoms. The van der Waals surface area contributed by atoms with Crippen LogP contribution in [0.3, 0.4) is 0 Å². The third-order valence-electron chi connectivity index (χ3n) is 5.18. The van der Waals surface area contributed by atoms with Gasteiger partial charge in [-0.15, -0.1) is 11.3 Å². The summed E-state index contributed by atoms with van der Waals surface area (Å²) in [6.07, 6.45) is 0.703. The van der Waals surface area contributed by atoms with Crippen LogP contribution in [-0.2, 0) is 16.0 Å². The number of halogens is 1. The molecule has 0 bridgehead atoms. The lowest BCUT2D eigenvalue weighted by Gasteiger charge is -2.20. The van der Waals surface area contributed by atoms with Crippen LogP contribution in [0, 0.1) is 5.82 Å². The summed E-state index contributed by atoms with van der Waals surface area (Å²) in [5.41, 5.74) is 1.28. The molecule has 0 saturated heterocycles. The molecule has 8 heteroatoms. The van der Waals surface area contributed by atoms with Gasteiger partial charge in [0.05, 0.1) is 12.1 Å². The molecular formula is C25H25FN2O4S. The first-order valence-corrected chi connectivity index (χ1v) is 11.2. The minimum absolute atomic E-state index is 0.210. The first-order valence-electron chi connectivity index (χ1n) is 10.4. The molecule has 0 aliphatic heterocycles. The van der Waals surface area contributed by atoms with E-state index in [1.807, 2.05) is 6.92 Å². The van der Waals surface area contributed by atoms with Gasteiger partial charge in [-0.25, -0.2) is 4.39 Å². The fraction of sp³-hybridized carbons (Fsp3) is 0.240. The molecule has 3 N–H and O–H groups in total. The van der Waals surface area contributed by atoms with E-state index in [4.69, 9.17) is 0 Å². The topological polar surface area (TPSA) is 95.5 Å². The minimum Gasteiger partial charge on any atom is -0.480 e. The number of hydrogen-bond acceptors (Lipinski definition) is 5. The fourth-order valence-corrected chi connectivity index (χ4v) is 4.05. The predicted octanol–water partition coefficient (Wildman–Crippen LogP) is 4.74.